The number of rotatable bonds is 10. The second kappa shape index (κ2) is 9.08. The van der Waals surface area contributed by atoms with E-state index >= 15 is 0 Å². The Bertz CT molecular complexity index is 529. The highest BCUT2D eigenvalue weighted by Gasteiger charge is 2.08. The van der Waals surface area contributed by atoms with Crippen molar-refractivity contribution in [3.63, 3.8) is 0 Å². The topological polar surface area (TPSA) is 77.8 Å². The van der Waals surface area contributed by atoms with Gasteiger partial charge in [0, 0.05) is 30.8 Å². The Kier molecular flexibility index (Phi) is 7.07. The summed E-state index contributed by atoms with van der Waals surface area (Å²) in [5.74, 6) is 0.959. The van der Waals surface area contributed by atoms with Gasteiger partial charge in [0.2, 0.25) is 5.16 Å². The van der Waals surface area contributed by atoms with Gasteiger partial charge >= 0.3 is 0 Å². The molecular formula is C12H20N6OS2. The third-order valence-electron chi connectivity index (χ3n) is 2.89. The summed E-state index contributed by atoms with van der Waals surface area (Å²) in [6, 6.07) is 0. The van der Waals surface area contributed by atoms with E-state index in [1.807, 2.05) is 17.1 Å². The average Bonchev–Trinajstić information content (AvgIpc) is 3.09. The fourth-order valence-electron chi connectivity index (χ4n) is 1.73. The molecule has 0 atom stereocenters. The van der Waals surface area contributed by atoms with Crippen LogP contribution in [-0.2, 0) is 17.7 Å². The van der Waals surface area contributed by atoms with Crippen LogP contribution in [0.2, 0.25) is 0 Å². The summed E-state index contributed by atoms with van der Waals surface area (Å²) in [7, 11) is 1.70. The van der Waals surface area contributed by atoms with Gasteiger partial charge in [-0.25, -0.2) is 9.67 Å². The smallest absolute Gasteiger partial charge is 0.209 e. The van der Waals surface area contributed by atoms with Crippen molar-refractivity contribution in [2.75, 3.05) is 32.6 Å². The first-order chi connectivity index (χ1) is 10.3. The summed E-state index contributed by atoms with van der Waals surface area (Å²) in [6.07, 6.45) is 1.00. The third kappa shape index (κ3) is 5.34. The highest BCUT2D eigenvalue weighted by Crippen LogP contribution is 2.19. The fraction of sp³-hybridized carbons (Fsp3) is 0.667. The van der Waals surface area contributed by atoms with E-state index in [-0.39, 0.29) is 0 Å². The predicted octanol–water partition coefficient (Wildman–Crippen LogP) is 1.01. The van der Waals surface area contributed by atoms with Crippen molar-refractivity contribution in [2.24, 2.45) is 0 Å². The van der Waals surface area contributed by atoms with Gasteiger partial charge in [0.25, 0.3) is 0 Å². The molecule has 9 heteroatoms. The van der Waals surface area contributed by atoms with Gasteiger partial charge in [0.1, 0.15) is 0 Å². The van der Waals surface area contributed by atoms with Gasteiger partial charge in [-0.15, -0.1) is 16.4 Å². The standard InChI is InChI=1S/C12H20N6OS2/c1-10-11(21-9-14-10)3-8-20-12-15-16-17-18(12)6-4-13-5-7-19-2/h9,13H,3-8H2,1-2H3. The molecule has 0 spiro atoms. The number of methoxy groups -OCH3 is 1. The van der Waals surface area contributed by atoms with Gasteiger partial charge in [-0.3, -0.25) is 0 Å². The van der Waals surface area contributed by atoms with Crippen LogP contribution in [0.25, 0.3) is 0 Å². The molecule has 0 amide bonds. The number of ether oxygens (including phenoxy) is 1. The minimum absolute atomic E-state index is 0.714. The molecule has 0 saturated heterocycles. The lowest BCUT2D eigenvalue weighted by atomic mass is 10.3. The van der Waals surface area contributed by atoms with E-state index in [1.54, 1.807) is 30.2 Å². The molecule has 0 aliphatic heterocycles. The lowest BCUT2D eigenvalue weighted by molar-refractivity contribution is 0.199. The van der Waals surface area contributed by atoms with Crippen LogP contribution in [0.3, 0.4) is 0 Å². The molecule has 0 saturated carbocycles. The third-order valence-corrected chi connectivity index (χ3v) is 4.84. The van der Waals surface area contributed by atoms with E-state index in [4.69, 9.17) is 4.74 Å². The van der Waals surface area contributed by atoms with Crippen LogP contribution in [0.1, 0.15) is 10.6 Å². The molecule has 0 unspecified atom stereocenters. The van der Waals surface area contributed by atoms with Crippen LogP contribution in [0.5, 0.6) is 0 Å². The molecule has 2 rings (SSSR count). The van der Waals surface area contributed by atoms with Crippen LogP contribution in [0, 0.1) is 6.92 Å². The maximum absolute atomic E-state index is 4.98. The molecule has 0 radical (unpaired) electrons. The van der Waals surface area contributed by atoms with E-state index in [2.05, 4.69) is 25.8 Å². The lowest BCUT2D eigenvalue weighted by Crippen LogP contribution is -2.24. The Labute approximate surface area is 132 Å². The maximum Gasteiger partial charge on any atom is 0.209 e. The van der Waals surface area contributed by atoms with Crippen molar-refractivity contribution in [2.45, 2.75) is 25.0 Å². The summed E-state index contributed by atoms with van der Waals surface area (Å²) >= 11 is 3.39. The number of thioether (sulfide) groups is 1. The predicted molar refractivity (Wildman–Crippen MR) is 83.8 cm³/mol. The van der Waals surface area contributed by atoms with Crippen LogP contribution >= 0.6 is 23.1 Å². The highest BCUT2D eigenvalue weighted by molar-refractivity contribution is 7.99. The Morgan fingerprint density at radius 3 is 3.10 bits per heavy atom. The lowest BCUT2D eigenvalue weighted by Gasteiger charge is -2.05. The van der Waals surface area contributed by atoms with Crippen LogP contribution < -0.4 is 5.32 Å². The van der Waals surface area contributed by atoms with Crippen LogP contribution in [-0.4, -0.2) is 57.8 Å². The van der Waals surface area contributed by atoms with E-state index < -0.39 is 0 Å². The van der Waals surface area contributed by atoms with E-state index in [0.29, 0.717) is 6.61 Å². The van der Waals surface area contributed by atoms with Gasteiger partial charge in [0.05, 0.1) is 24.4 Å². The molecule has 0 aromatic carbocycles. The number of nitrogens with one attached hydrogen (secondary N) is 1. The fourth-order valence-corrected chi connectivity index (χ4v) is 3.50. The van der Waals surface area contributed by atoms with Crippen molar-refractivity contribution >= 4 is 23.1 Å². The Hall–Kier alpha value is -1.03. The monoisotopic (exact) mass is 328 g/mol. The van der Waals surface area contributed by atoms with Gasteiger partial charge in [-0.05, 0) is 23.8 Å². The minimum atomic E-state index is 0.714. The number of aromatic nitrogens is 5. The zero-order valence-corrected chi connectivity index (χ0v) is 13.9. The maximum atomic E-state index is 4.98. The first kappa shape index (κ1) is 16.3. The first-order valence-electron chi connectivity index (χ1n) is 6.79. The molecular weight excluding hydrogens is 308 g/mol. The van der Waals surface area contributed by atoms with Crippen LogP contribution in [0.4, 0.5) is 0 Å². The molecule has 0 fully saturated rings. The molecule has 2 heterocycles. The van der Waals surface area contributed by atoms with Crippen molar-refractivity contribution in [1.29, 1.82) is 0 Å². The normalized spacial score (nSPS) is 11.1. The average molecular weight is 328 g/mol. The SMILES string of the molecule is COCCNCCn1nnnc1SCCc1scnc1C. The Morgan fingerprint density at radius 2 is 2.33 bits per heavy atom. The Balaban J connectivity index is 1.71. The van der Waals surface area contributed by atoms with Crippen molar-refractivity contribution in [1.82, 2.24) is 30.5 Å². The molecule has 21 heavy (non-hydrogen) atoms. The van der Waals surface area contributed by atoms with Gasteiger partial charge in [-0.2, -0.15) is 0 Å². The number of nitrogens with zero attached hydrogens (tertiary/aromatic N) is 5. The number of thiazole rings is 1. The summed E-state index contributed by atoms with van der Waals surface area (Å²) in [6.45, 7) is 5.19. The highest BCUT2D eigenvalue weighted by atomic mass is 32.2. The molecule has 0 bridgehead atoms. The van der Waals surface area contributed by atoms with Gasteiger partial charge in [-0.1, -0.05) is 11.8 Å². The second-order valence-corrected chi connectivity index (χ2v) is 6.39. The molecule has 7 nitrogen and oxygen atoms in total. The number of tetrazole rings is 1. The Morgan fingerprint density at radius 1 is 1.43 bits per heavy atom. The molecule has 2 aromatic rings. The van der Waals surface area contributed by atoms with Crippen molar-refractivity contribution < 1.29 is 4.74 Å². The van der Waals surface area contributed by atoms with E-state index in [9.17, 15) is 0 Å². The first-order valence-corrected chi connectivity index (χ1v) is 8.65. The summed E-state index contributed by atoms with van der Waals surface area (Å²) < 4.78 is 6.82. The molecule has 0 aliphatic carbocycles. The number of aryl methyl sites for hydroxylation is 2. The second-order valence-electron chi connectivity index (χ2n) is 4.39. The van der Waals surface area contributed by atoms with Crippen molar-refractivity contribution in [3.05, 3.63) is 16.1 Å². The summed E-state index contributed by atoms with van der Waals surface area (Å²) in [4.78, 5) is 5.60. The number of hydrogen-bond acceptors (Lipinski definition) is 8. The zero-order chi connectivity index (χ0) is 14.9. The number of hydrogen-bond donors (Lipinski definition) is 1. The quantitative estimate of drug-likeness (QED) is 0.515. The van der Waals surface area contributed by atoms with Gasteiger partial charge < -0.3 is 10.1 Å². The molecule has 1 N–H and O–H groups in total. The van der Waals surface area contributed by atoms with Crippen molar-refractivity contribution in [3.8, 4) is 0 Å². The van der Waals surface area contributed by atoms with Gasteiger partial charge in [0.15, 0.2) is 0 Å². The minimum Gasteiger partial charge on any atom is -0.383 e. The summed E-state index contributed by atoms with van der Waals surface area (Å²) in [5, 5.41) is 16.0. The van der Waals surface area contributed by atoms with E-state index in [1.165, 1.54) is 4.88 Å². The zero-order valence-electron chi connectivity index (χ0n) is 12.3. The summed E-state index contributed by atoms with van der Waals surface area (Å²) in [5.41, 5.74) is 3.02. The molecule has 2 aromatic heterocycles. The van der Waals surface area contributed by atoms with E-state index in [0.717, 1.165) is 42.7 Å². The molecule has 116 valence electrons. The largest absolute Gasteiger partial charge is 0.383 e. The molecule has 0 aliphatic rings. The van der Waals surface area contributed by atoms with Crippen LogP contribution in [0.15, 0.2) is 10.7 Å².